The lowest BCUT2D eigenvalue weighted by atomic mass is 10.1. The molecule has 1 atom stereocenters. The average molecular weight is 230 g/mol. The largest absolute Gasteiger partial charge is 0.463 e. The smallest absolute Gasteiger partial charge is 0.323 e. The fourth-order valence-electron chi connectivity index (χ4n) is 0.987. The maximum absolute atomic E-state index is 11.4. The molecule has 0 bridgehead atoms. The molecule has 0 spiro atoms. The molecule has 0 saturated carbocycles. The van der Waals surface area contributed by atoms with Crippen LogP contribution in [0.1, 0.15) is 34.6 Å². The van der Waals surface area contributed by atoms with Crippen molar-refractivity contribution in [3.63, 3.8) is 0 Å². The molecule has 0 aromatic rings. The highest BCUT2D eigenvalue weighted by Crippen LogP contribution is 2.09. The summed E-state index contributed by atoms with van der Waals surface area (Å²) in [7, 11) is 2.01. The van der Waals surface area contributed by atoms with E-state index in [1.807, 2.05) is 20.9 Å². The number of rotatable bonds is 5. The Balaban J connectivity index is 3.87. The van der Waals surface area contributed by atoms with Crippen molar-refractivity contribution < 1.29 is 9.53 Å². The van der Waals surface area contributed by atoms with Crippen LogP contribution in [0.25, 0.3) is 0 Å². The van der Waals surface area contributed by atoms with Gasteiger partial charge in [-0.25, -0.2) is 0 Å². The van der Waals surface area contributed by atoms with Crippen LogP contribution in [0.5, 0.6) is 0 Å². The molecule has 0 fully saturated rings. The molecule has 0 aromatic heterocycles. The summed E-state index contributed by atoms with van der Waals surface area (Å²) in [6.07, 6.45) is 0. The normalized spacial score (nSPS) is 14.3. The fourth-order valence-corrected chi connectivity index (χ4v) is 0.987. The Bertz CT molecular complexity index is 222. The number of ether oxygens (including phenoxy) is 1. The van der Waals surface area contributed by atoms with E-state index in [2.05, 4.69) is 25.7 Å². The number of carbonyl (C=O) groups excluding carboxylic acids is 1. The molecule has 4 nitrogen and oxygen atoms in total. The zero-order valence-electron chi connectivity index (χ0n) is 11.4. The van der Waals surface area contributed by atoms with Gasteiger partial charge in [-0.05, 0) is 33.7 Å². The van der Waals surface area contributed by atoms with E-state index in [9.17, 15) is 4.79 Å². The third-order valence-electron chi connectivity index (χ3n) is 2.81. The minimum absolute atomic E-state index is 0.0899. The lowest BCUT2D eigenvalue weighted by molar-refractivity contribution is -0.146. The van der Waals surface area contributed by atoms with E-state index in [-0.39, 0.29) is 17.4 Å². The molecule has 0 rings (SSSR count). The number of esters is 1. The zero-order valence-corrected chi connectivity index (χ0v) is 11.4. The van der Waals surface area contributed by atoms with E-state index in [4.69, 9.17) is 10.5 Å². The summed E-state index contributed by atoms with van der Waals surface area (Å²) in [5.41, 5.74) is 5.76. The summed E-state index contributed by atoms with van der Waals surface area (Å²) in [6.45, 7) is 11.3. The van der Waals surface area contributed by atoms with Gasteiger partial charge in [-0.1, -0.05) is 13.8 Å². The molecule has 0 aromatic carbocycles. The monoisotopic (exact) mass is 230 g/mol. The number of hydrogen-bond acceptors (Lipinski definition) is 4. The van der Waals surface area contributed by atoms with E-state index in [0.717, 1.165) is 6.54 Å². The minimum Gasteiger partial charge on any atom is -0.463 e. The molecule has 4 heteroatoms. The van der Waals surface area contributed by atoms with Gasteiger partial charge < -0.3 is 10.5 Å². The Labute approximate surface area is 99.1 Å². The first-order valence-corrected chi connectivity index (χ1v) is 5.79. The van der Waals surface area contributed by atoms with E-state index in [0.29, 0.717) is 6.61 Å². The first kappa shape index (κ1) is 15.4. The predicted octanol–water partition coefficient (Wildman–Crippen LogP) is 1.24. The number of carbonyl (C=O) groups is 1. The van der Waals surface area contributed by atoms with E-state index in [1.54, 1.807) is 0 Å². The molecular formula is C12H26N2O2. The van der Waals surface area contributed by atoms with Crippen molar-refractivity contribution in [1.29, 1.82) is 0 Å². The molecule has 0 unspecified atom stereocenters. The molecule has 0 aliphatic carbocycles. The van der Waals surface area contributed by atoms with Crippen molar-refractivity contribution in [3.05, 3.63) is 0 Å². The van der Waals surface area contributed by atoms with Gasteiger partial charge in [-0.15, -0.1) is 0 Å². The molecule has 0 aliphatic heterocycles. The Kier molecular flexibility index (Phi) is 5.97. The van der Waals surface area contributed by atoms with Crippen LogP contribution >= 0.6 is 0 Å². The van der Waals surface area contributed by atoms with E-state index < -0.39 is 6.04 Å². The quantitative estimate of drug-likeness (QED) is 0.722. The van der Waals surface area contributed by atoms with Crippen molar-refractivity contribution in [2.24, 2.45) is 11.7 Å². The first-order valence-electron chi connectivity index (χ1n) is 5.79. The van der Waals surface area contributed by atoms with Gasteiger partial charge in [0.05, 0.1) is 0 Å². The highest BCUT2D eigenvalue weighted by molar-refractivity contribution is 5.75. The van der Waals surface area contributed by atoms with Crippen LogP contribution in [0.4, 0.5) is 0 Å². The molecule has 0 saturated heterocycles. The molecule has 0 amide bonds. The number of nitrogens with two attached hydrogens (primary N) is 1. The van der Waals surface area contributed by atoms with E-state index >= 15 is 0 Å². The minimum atomic E-state index is -0.514. The van der Waals surface area contributed by atoms with Crippen LogP contribution in [0, 0.1) is 5.92 Å². The van der Waals surface area contributed by atoms with Crippen molar-refractivity contribution in [2.75, 3.05) is 20.2 Å². The highest BCUT2D eigenvalue weighted by Gasteiger charge is 2.20. The topological polar surface area (TPSA) is 55.6 Å². The Morgan fingerprint density at radius 2 is 1.88 bits per heavy atom. The third-order valence-corrected chi connectivity index (χ3v) is 2.81. The maximum atomic E-state index is 11.4. The van der Waals surface area contributed by atoms with Gasteiger partial charge in [0.2, 0.25) is 0 Å². The first-order chi connectivity index (χ1) is 7.16. The van der Waals surface area contributed by atoms with Gasteiger partial charge in [0.1, 0.15) is 12.6 Å². The van der Waals surface area contributed by atoms with Gasteiger partial charge in [0, 0.05) is 12.1 Å². The predicted molar refractivity (Wildman–Crippen MR) is 66.2 cm³/mol. The highest BCUT2D eigenvalue weighted by atomic mass is 16.5. The summed E-state index contributed by atoms with van der Waals surface area (Å²) in [4.78, 5) is 13.6. The SMILES string of the molecule is CC(C)[C@H](N)C(=O)OCCN(C)C(C)(C)C. The molecule has 0 aliphatic rings. The number of nitrogens with zero attached hydrogens (tertiary/aromatic N) is 1. The Hall–Kier alpha value is -0.610. The number of likely N-dealkylation sites (N-methyl/N-ethyl adjacent to an activating group) is 1. The van der Waals surface area contributed by atoms with Crippen LogP contribution in [0.3, 0.4) is 0 Å². The Morgan fingerprint density at radius 3 is 2.25 bits per heavy atom. The third kappa shape index (κ3) is 5.47. The second-order valence-corrected chi connectivity index (χ2v) is 5.53. The van der Waals surface area contributed by atoms with Crippen molar-refractivity contribution >= 4 is 5.97 Å². The second-order valence-electron chi connectivity index (χ2n) is 5.53. The van der Waals surface area contributed by atoms with Gasteiger partial charge in [0.25, 0.3) is 0 Å². The van der Waals surface area contributed by atoms with Gasteiger partial charge >= 0.3 is 5.97 Å². The standard InChI is InChI=1S/C12H26N2O2/c1-9(2)10(13)11(15)16-8-7-14(6)12(3,4)5/h9-10H,7-8,13H2,1-6H3/t10-/m0/s1. The Morgan fingerprint density at radius 1 is 1.38 bits per heavy atom. The molecule has 2 N–H and O–H groups in total. The lowest BCUT2D eigenvalue weighted by Crippen LogP contribution is -2.42. The van der Waals surface area contributed by atoms with Crippen LogP contribution in [0.15, 0.2) is 0 Å². The van der Waals surface area contributed by atoms with Crippen molar-refractivity contribution in [2.45, 2.75) is 46.2 Å². The zero-order chi connectivity index (χ0) is 12.9. The molecule has 16 heavy (non-hydrogen) atoms. The van der Waals surface area contributed by atoms with E-state index in [1.165, 1.54) is 0 Å². The fraction of sp³-hybridized carbons (Fsp3) is 0.917. The van der Waals surface area contributed by atoms with Crippen LogP contribution in [-0.2, 0) is 9.53 Å². The van der Waals surface area contributed by atoms with Crippen molar-refractivity contribution in [3.8, 4) is 0 Å². The molecule has 0 heterocycles. The van der Waals surface area contributed by atoms with Gasteiger partial charge in [-0.3, -0.25) is 9.69 Å². The summed E-state index contributed by atoms with van der Waals surface area (Å²) >= 11 is 0. The molecular weight excluding hydrogens is 204 g/mol. The summed E-state index contributed by atoms with van der Waals surface area (Å²) in [5, 5.41) is 0. The summed E-state index contributed by atoms with van der Waals surface area (Å²) in [6, 6.07) is -0.514. The maximum Gasteiger partial charge on any atom is 0.323 e. The van der Waals surface area contributed by atoms with Crippen LogP contribution in [0.2, 0.25) is 0 Å². The number of hydrogen-bond donors (Lipinski definition) is 1. The molecule has 0 radical (unpaired) electrons. The van der Waals surface area contributed by atoms with Gasteiger partial charge in [0.15, 0.2) is 0 Å². The average Bonchev–Trinajstić information content (AvgIpc) is 2.14. The van der Waals surface area contributed by atoms with Crippen molar-refractivity contribution in [1.82, 2.24) is 4.90 Å². The summed E-state index contributed by atoms with van der Waals surface area (Å²) in [5.74, 6) is -0.190. The van der Waals surface area contributed by atoms with Crippen LogP contribution < -0.4 is 5.73 Å². The van der Waals surface area contributed by atoms with Gasteiger partial charge in [-0.2, -0.15) is 0 Å². The lowest BCUT2D eigenvalue weighted by Gasteiger charge is -2.31. The second kappa shape index (κ2) is 6.21. The summed E-state index contributed by atoms with van der Waals surface area (Å²) < 4.78 is 5.13. The molecule has 96 valence electrons. The van der Waals surface area contributed by atoms with Crippen LogP contribution in [-0.4, -0.2) is 42.6 Å².